The van der Waals surface area contributed by atoms with Gasteiger partial charge >= 0.3 is 0 Å². The number of ether oxygens (including phenoxy) is 1. The molecule has 0 bridgehead atoms. The van der Waals surface area contributed by atoms with Crippen molar-refractivity contribution < 1.29 is 14.6 Å². The first-order valence-electron chi connectivity index (χ1n) is 7.05. The second-order valence-corrected chi connectivity index (χ2v) is 5.15. The fourth-order valence-electron chi connectivity index (χ4n) is 2.08. The number of nitrogens with one attached hydrogen (secondary N) is 1. The number of rotatable bonds is 5. The second-order valence-electron chi connectivity index (χ2n) is 4.71. The standard InChI is InChI=1S/C17H17ClN2O3/c1-3-14(12-6-4-5-7-15(12)21)19-20-17(22)13-10-11(18)8-9-16(13)23-2/h4-10,21H,3H2,1-2H3,(H,20,22). The monoisotopic (exact) mass is 332 g/mol. The summed E-state index contributed by atoms with van der Waals surface area (Å²) in [6.07, 6.45) is 0.546. The van der Waals surface area contributed by atoms with E-state index in [0.717, 1.165) is 0 Å². The van der Waals surface area contributed by atoms with Crippen molar-refractivity contribution in [3.8, 4) is 11.5 Å². The topological polar surface area (TPSA) is 70.9 Å². The highest BCUT2D eigenvalue weighted by Gasteiger charge is 2.13. The lowest BCUT2D eigenvalue weighted by molar-refractivity contribution is 0.0951. The van der Waals surface area contributed by atoms with Gasteiger partial charge in [-0.2, -0.15) is 5.10 Å². The number of amides is 1. The molecule has 0 unspecified atom stereocenters. The summed E-state index contributed by atoms with van der Waals surface area (Å²) < 4.78 is 5.15. The van der Waals surface area contributed by atoms with Crippen molar-refractivity contribution in [2.24, 2.45) is 5.10 Å². The number of phenols is 1. The normalized spacial score (nSPS) is 11.2. The molecule has 0 heterocycles. The van der Waals surface area contributed by atoms with Crippen LogP contribution in [0.1, 0.15) is 29.3 Å². The number of methoxy groups -OCH3 is 1. The van der Waals surface area contributed by atoms with E-state index in [0.29, 0.717) is 28.5 Å². The molecule has 0 aliphatic heterocycles. The average molecular weight is 333 g/mol. The summed E-state index contributed by atoms with van der Waals surface area (Å²) in [6, 6.07) is 11.6. The fraction of sp³-hybridized carbons (Fsp3) is 0.176. The summed E-state index contributed by atoms with van der Waals surface area (Å²) in [4.78, 5) is 12.3. The van der Waals surface area contributed by atoms with Crippen molar-refractivity contribution >= 4 is 23.2 Å². The van der Waals surface area contributed by atoms with E-state index in [1.165, 1.54) is 13.2 Å². The third-order valence-electron chi connectivity index (χ3n) is 3.25. The summed E-state index contributed by atoms with van der Waals surface area (Å²) in [5, 5.41) is 14.4. The first kappa shape index (κ1) is 16.8. The summed E-state index contributed by atoms with van der Waals surface area (Å²) in [6.45, 7) is 1.89. The Morgan fingerprint density at radius 3 is 2.65 bits per heavy atom. The zero-order chi connectivity index (χ0) is 16.8. The molecule has 120 valence electrons. The Bertz CT molecular complexity index is 744. The predicted molar refractivity (Wildman–Crippen MR) is 90.4 cm³/mol. The smallest absolute Gasteiger partial charge is 0.275 e. The van der Waals surface area contributed by atoms with Crippen LogP contribution in [0.2, 0.25) is 5.02 Å². The molecule has 0 atom stereocenters. The molecule has 0 saturated carbocycles. The number of phenolic OH excluding ortho intramolecular Hbond substituents is 1. The third kappa shape index (κ3) is 4.02. The van der Waals surface area contributed by atoms with Crippen LogP contribution < -0.4 is 10.2 Å². The first-order valence-corrected chi connectivity index (χ1v) is 7.43. The fourth-order valence-corrected chi connectivity index (χ4v) is 2.26. The van der Waals surface area contributed by atoms with Crippen molar-refractivity contribution in [2.45, 2.75) is 13.3 Å². The van der Waals surface area contributed by atoms with Crippen LogP contribution >= 0.6 is 11.6 Å². The highest BCUT2D eigenvalue weighted by atomic mass is 35.5. The summed E-state index contributed by atoms with van der Waals surface area (Å²) in [5.41, 5.74) is 3.91. The van der Waals surface area contributed by atoms with E-state index >= 15 is 0 Å². The molecular weight excluding hydrogens is 316 g/mol. The molecule has 1 amide bonds. The maximum Gasteiger partial charge on any atom is 0.275 e. The van der Waals surface area contributed by atoms with Crippen molar-refractivity contribution in [2.75, 3.05) is 7.11 Å². The van der Waals surface area contributed by atoms with Crippen LogP contribution in [0.3, 0.4) is 0 Å². The minimum Gasteiger partial charge on any atom is -0.507 e. The molecule has 0 saturated heterocycles. The van der Waals surface area contributed by atoms with Crippen molar-refractivity contribution in [1.29, 1.82) is 0 Å². The molecule has 0 aliphatic rings. The summed E-state index contributed by atoms with van der Waals surface area (Å²) in [7, 11) is 1.47. The number of benzene rings is 2. The predicted octanol–water partition coefficient (Wildman–Crippen LogP) is 3.60. The van der Waals surface area contributed by atoms with Gasteiger partial charge < -0.3 is 9.84 Å². The van der Waals surface area contributed by atoms with E-state index in [9.17, 15) is 9.90 Å². The van der Waals surface area contributed by atoms with Crippen molar-refractivity contribution in [3.05, 3.63) is 58.6 Å². The van der Waals surface area contributed by atoms with Gasteiger partial charge in [0.25, 0.3) is 5.91 Å². The number of hydrogen-bond donors (Lipinski definition) is 2. The van der Waals surface area contributed by atoms with Gasteiger partial charge in [0.2, 0.25) is 0 Å². The Balaban J connectivity index is 2.26. The Hall–Kier alpha value is -2.53. The van der Waals surface area contributed by atoms with Crippen LogP contribution in [0.25, 0.3) is 0 Å². The van der Waals surface area contributed by atoms with Crippen LogP contribution in [0, 0.1) is 0 Å². The Labute approximate surface area is 139 Å². The zero-order valence-electron chi connectivity index (χ0n) is 12.8. The number of halogens is 1. The SMILES string of the molecule is CCC(=NNC(=O)c1cc(Cl)ccc1OC)c1ccccc1O. The molecule has 0 aliphatic carbocycles. The van der Waals surface area contributed by atoms with Gasteiger partial charge in [-0.1, -0.05) is 30.7 Å². The minimum absolute atomic E-state index is 0.114. The maximum absolute atomic E-state index is 12.3. The highest BCUT2D eigenvalue weighted by molar-refractivity contribution is 6.31. The molecule has 6 heteroatoms. The molecule has 23 heavy (non-hydrogen) atoms. The number of nitrogens with zero attached hydrogens (tertiary/aromatic N) is 1. The molecule has 0 spiro atoms. The third-order valence-corrected chi connectivity index (χ3v) is 3.48. The quantitative estimate of drug-likeness (QED) is 0.649. The molecule has 0 radical (unpaired) electrons. The molecule has 2 aromatic carbocycles. The first-order chi connectivity index (χ1) is 11.1. The number of carbonyl (C=O) groups is 1. The van der Waals surface area contributed by atoms with Gasteiger partial charge in [-0.05, 0) is 36.8 Å². The van der Waals surface area contributed by atoms with E-state index in [4.69, 9.17) is 16.3 Å². The molecule has 2 rings (SSSR count). The van der Waals surface area contributed by atoms with Crippen molar-refractivity contribution in [1.82, 2.24) is 5.43 Å². The average Bonchev–Trinajstić information content (AvgIpc) is 2.56. The van der Waals surface area contributed by atoms with Gasteiger partial charge in [-0.25, -0.2) is 5.43 Å². The summed E-state index contributed by atoms with van der Waals surface area (Å²) >= 11 is 5.92. The molecule has 0 aromatic heterocycles. The zero-order valence-corrected chi connectivity index (χ0v) is 13.6. The lowest BCUT2D eigenvalue weighted by Gasteiger charge is -2.09. The Morgan fingerprint density at radius 2 is 2.00 bits per heavy atom. The van der Waals surface area contributed by atoms with Gasteiger partial charge in [0.1, 0.15) is 11.5 Å². The van der Waals surface area contributed by atoms with E-state index in [2.05, 4.69) is 10.5 Å². The number of hydrogen-bond acceptors (Lipinski definition) is 4. The molecule has 5 nitrogen and oxygen atoms in total. The Kier molecular flexibility index (Phi) is 5.60. The van der Waals surface area contributed by atoms with Crippen LogP contribution in [-0.4, -0.2) is 23.8 Å². The molecule has 2 aromatic rings. The highest BCUT2D eigenvalue weighted by Crippen LogP contribution is 2.23. The van der Waals surface area contributed by atoms with Gasteiger partial charge in [0.15, 0.2) is 0 Å². The molecule has 2 N–H and O–H groups in total. The van der Waals surface area contributed by atoms with Crippen molar-refractivity contribution in [3.63, 3.8) is 0 Å². The van der Waals surface area contributed by atoms with Crippen LogP contribution in [0.15, 0.2) is 47.6 Å². The molecular formula is C17H17ClN2O3. The Morgan fingerprint density at radius 1 is 1.26 bits per heavy atom. The lowest BCUT2D eigenvalue weighted by atomic mass is 10.1. The number of hydrazone groups is 1. The maximum atomic E-state index is 12.3. The van der Waals surface area contributed by atoms with Gasteiger partial charge in [-0.3, -0.25) is 4.79 Å². The van der Waals surface area contributed by atoms with Gasteiger partial charge in [-0.15, -0.1) is 0 Å². The van der Waals surface area contributed by atoms with Crippen LogP contribution in [-0.2, 0) is 0 Å². The number of para-hydroxylation sites is 1. The second kappa shape index (κ2) is 7.65. The van der Waals surface area contributed by atoms with Gasteiger partial charge in [0.05, 0.1) is 18.4 Å². The van der Waals surface area contributed by atoms with E-state index in [1.807, 2.05) is 6.92 Å². The van der Waals surface area contributed by atoms with E-state index < -0.39 is 5.91 Å². The molecule has 0 fully saturated rings. The van der Waals surface area contributed by atoms with Crippen LogP contribution in [0.4, 0.5) is 0 Å². The largest absolute Gasteiger partial charge is 0.507 e. The van der Waals surface area contributed by atoms with E-state index in [-0.39, 0.29) is 11.3 Å². The minimum atomic E-state index is -0.439. The number of aromatic hydroxyl groups is 1. The van der Waals surface area contributed by atoms with Crippen LogP contribution in [0.5, 0.6) is 11.5 Å². The van der Waals surface area contributed by atoms with Gasteiger partial charge in [0, 0.05) is 10.6 Å². The summed E-state index contributed by atoms with van der Waals surface area (Å²) in [5.74, 6) is 0.0797. The lowest BCUT2D eigenvalue weighted by Crippen LogP contribution is -2.20. The number of carbonyl (C=O) groups excluding carboxylic acids is 1. The van der Waals surface area contributed by atoms with E-state index in [1.54, 1.807) is 36.4 Å².